The van der Waals surface area contributed by atoms with Crippen molar-refractivity contribution in [2.75, 3.05) is 18.4 Å². The second-order valence-electron chi connectivity index (χ2n) is 6.39. The maximum absolute atomic E-state index is 13.0. The first-order chi connectivity index (χ1) is 13.2. The summed E-state index contributed by atoms with van der Waals surface area (Å²) in [7, 11) is -3.88. The maximum Gasteiger partial charge on any atom is 0.244 e. The van der Waals surface area contributed by atoms with Gasteiger partial charge in [0, 0.05) is 23.1 Å². The van der Waals surface area contributed by atoms with Crippen LogP contribution in [0.3, 0.4) is 0 Å². The van der Waals surface area contributed by atoms with Crippen molar-refractivity contribution >= 4 is 68.0 Å². The molecule has 5 nitrogen and oxygen atoms in total. The van der Waals surface area contributed by atoms with Crippen LogP contribution < -0.4 is 5.32 Å². The van der Waals surface area contributed by atoms with Crippen LogP contribution in [0.1, 0.15) is 12.8 Å². The number of benzene rings is 2. The van der Waals surface area contributed by atoms with Crippen molar-refractivity contribution in [3.8, 4) is 0 Å². The molecule has 1 amide bonds. The molecule has 0 bridgehead atoms. The van der Waals surface area contributed by atoms with E-state index in [0.717, 1.165) is 0 Å². The number of amides is 1. The molecule has 1 aliphatic heterocycles. The molecule has 28 heavy (non-hydrogen) atoms. The van der Waals surface area contributed by atoms with Crippen molar-refractivity contribution in [2.24, 2.45) is 5.92 Å². The second-order valence-corrected chi connectivity index (χ2v) is 9.98. The van der Waals surface area contributed by atoms with Crippen LogP contribution in [-0.2, 0) is 14.8 Å². The fourth-order valence-electron chi connectivity index (χ4n) is 3.02. The number of piperidine rings is 1. The quantitative estimate of drug-likeness (QED) is 0.640. The third-order valence-electron chi connectivity index (χ3n) is 4.45. The molecule has 2 aromatic rings. The lowest BCUT2D eigenvalue weighted by Gasteiger charge is -2.31. The van der Waals surface area contributed by atoms with Gasteiger partial charge in [-0.1, -0.05) is 46.4 Å². The number of carbonyl (C=O) groups is 1. The molecule has 0 unspecified atom stereocenters. The molecule has 1 atom stereocenters. The van der Waals surface area contributed by atoms with Gasteiger partial charge in [0.05, 0.1) is 21.7 Å². The highest BCUT2D eigenvalue weighted by Crippen LogP contribution is 2.31. The van der Waals surface area contributed by atoms with Gasteiger partial charge in [-0.2, -0.15) is 4.31 Å². The van der Waals surface area contributed by atoms with E-state index in [-0.39, 0.29) is 27.4 Å². The predicted molar refractivity (Wildman–Crippen MR) is 113 cm³/mol. The first-order valence-corrected chi connectivity index (χ1v) is 11.3. The number of hydrogen-bond acceptors (Lipinski definition) is 3. The minimum atomic E-state index is -3.88. The first kappa shape index (κ1) is 21.7. The third kappa shape index (κ3) is 4.75. The van der Waals surface area contributed by atoms with Gasteiger partial charge < -0.3 is 5.32 Å². The molecule has 150 valence electrons. The van der Waals surface area contributed by atoms with Crippen LogP contribution in [0.25, 0.3) is 0 Å². The summed E-state index contributed by atoms with van der Waals surface area (Å²) in [6, 6.07) is 9.01. The molecular formula is C18H16Cl4N2O3S. The summed E-state index contributed by atoms with van der Waals surface area (Å²) in [5, 5.41) is 3.87. The number of halogens is 4. The summed E-state index contributed by atoms with van der Waals surface area (Å²) in [4.78, 5) is 12.6. The molecule has 1 aliphatic rings. The van der Waals surface area contributed by atoms with Crippen LogP contribution in [-0.4, -0.2) is 31.7 Å². The van der Waals surface area contributed by atoms with E-state index in [4.69, 9.17) is 46.4 Å². The molecule has 0 saturated carbocycles. The number of sulfonamides is 1. The van der Waals surface area contributed by atoms with Crippen LogP contribution in [0.15, 0.2) is 41.3 Å². The zero-order valence-corrected chi connectivity index (χ0v) is 18.3. The number of nitrogens with one attached hydrogen (secondary N) is 1. The topological polar surface area (TPSA) is 66.5 Å². The molecule has 3 rings (SSSR count). The van der Waals surface area contributed by atoms with E-state index in [1.165, 1.54) is 22.5 Å². The van der Waals surface area contributed by atoms with Crippen molar-refractivity contribution in [1.82, 2.24) is 4.31 Å². The Kier molecular flexibility index (Phi) is 6.80. The lowest BCUT2D eigenvalue weighted by atomic mass is 9.99. The molecular weight excluding hydrogens is 466 g/mol. The molecule has 0 radical (unpaired) electrons. The second kappa shape index (κ2) is 8.78. The molecule has 0 aromatic heterocycles. The molecule has 2 aromatic carbocycles. The van der Waals surface area contributed by atoms with E-state index in [1.54, 1.807) is 18.2 Å². The van der Waals surface area contributed by atoms with Crippen LogP contribution in [0, 0.1) is 5.92 Å². The zero-order valence-electron chi connectivity index (χ0n) is 14.5. The highest BCUT2D eigenvalue weighted by Gasteiger charge is 2.34. The van der Waals surface area contributed by atoms with Crippen LogP contribution >= 0.6 is 46.4 Å². The van der Waals surface area contributed by atoms with E-state index in [9.17, 15) is 13.2 Å². The zero-order chi connectivity index (χ0) is 20.5. The normalized spacial score (nSPS) is 18.1. The third-order valence-corrected chi connectivity index (χ3v) is 7.60. The van der Waals surface area contributed by atoms with Gasteiger partial charge in [-0.25, -0.2) is 8.42 Å². The standard InChI is InChI=1S/C18H16Cl4N2O3S/c19-12-3-5-14(21)16(8-12)23-18(25)11-2-1-7-24(10-11)28(26,27)17-9-13(20)4-6-15(17)22/h3-6,8-9,11H,1-2,7,10H2,(H,23,25)/t11-/m1/s1. The molecule has 1 fully saturated rings. The van der Waals surface area contributed by atoms with Gasteiger partial charge in [-0.15, -0.1) is 0 Å². The van der Waals surface area contributed by atoms with Gasteiger partial charge >= 0.3 is 0 Å². The first-order valence-electron chi connectivity index (χ1n) is 8.39. The van der Waals surface area contributed by atoms with Crippen molar-refractivity contribution in [3.63, 3.8) is 0 Å². The molecule has 1 N–H and O–H groups in total. The van der Waals surface area contributed by atoms with Gasteiger partial charge in [0.1, 0.15) is 4.90 Å². The van der Waals surface area contributed by atoms with Gasteiger partial charge in [0.15, 0.2) is 0 Å². The van der Waals surface area contributed by atoms with E-state index < -0.39 is 15.9 Å². The van der Waals surface area contributed by atoms with E-state index in [2.05, 4.69) is 5.32 Å². The summed E-state index contributed by atoms with van der Waals surface area (Å²) < 4.78 is 27.3. The average Bonchev–Trinajstić information content (AvgIpc) is 2.66. The highest BCUT2D eigenvalue weighted by molar-refractivity contribution is 7.89. The minimum absolute atomic E-state index is 0.0369. The largest absolute Gasteiger partial charge is 0.324 e. The number of rotatable bonds is 4. The van der Waals surface area contributed by atoms with Gasteiger partial charge in [0.2, 0.25) is 15.9 Å². The number of nitrogens with zero attached hydrogens (tertiary/aromatic N) is 1. The Hall–Kier alpha value is -1.02. The summed E-state index contributed by atoms with van der Waals surface area (Å²) >= 11 is 24.0. The minimum Gasteiger partial charge on any atom is -0.324 e. The molecule has 0 spiro atoms. The number of anilines is 1. The Balaban J connectivity index is 1.79. The van der Waals surface area contributed by atoms with Crippen LogP contribution in [0.4, 0.5) is 5.69 Å². The molecule has 1 saturated heterocycles. The van der Waals surface area contributed by atoms with E-state index >= 15 is 0 Å². The van der Waals surface area contributed by atoms with Crippen molar-refractivity contribution in [1.29, 1.82) is 0 Å². The fourth-order valence-corrected chi connectivity index (χ4v) is 5.61. The summed E-state index contributed by atoms with van der Waals surface area (Å²) in [5.41, 5.74) is 0.386. The Morgan fingerprint density at radius 2 is 1.64 bits per heavy atom. The van der Waals surface area contributed by atoms with Gasteiger partial charge in [0.25, 0.3) is 0 Å². The van der Waals surface area contributed by atoms with Crippen LogP contribution in [0.5, 0.6) is 0 Å². The lowest BCUT2D eigenvalue weighted by Crippen LogP contribution is -2.43. The fraction of sp³-hybridized carbons (Fsp3) is 0.278. The summed E-state index contributed by atoms with van der Waals surface area (Å²) in [6.45, 7) is 0.335. The molecule has 10 heteroatoms. The summed E-state index contributed by atoms with van der Waals surface area (Å²) in [5.74, 6) is -0.849. The number of carbonyl (C=O) groups excluding carboxylic acids is 1. The van der Waals surface area contributed by atoms with Crippen molar-refractivity contribution in [2.45, 2.75) is 17.7 Å². The van der Waals surface area contributed by atoms with Crippen LogP contribution in [0.2, 0.25) is 20.1 Å². The van der Waals surface area contributed by atoms with Crippen molar-refractivity contribution in [3.05, 3.63) is 56.5 Å². The lowest BCUT2D eigenvalue weighted by molar-refractivity contribution is -0.120. The number of hydrogen-bond donors (Lipinski definition) is 1. The Morgan fingerprint density at radius 3 is 2.36 bits per heavy atom. The van der Waals surface area contributed by atoms with Crippen molar-refractivity contribution < 1.29 is 13.2 Å². The monoisotopic (exact) mass is 480 g/mol. The summed E-state index contributed by atoms with van der Waals surface area (Å²) in [6.07, 6.45) is 1.10. The van der Waals surface area contributed by atoms with E-state index in [0.29, 0.717) is 35.1 Å². The Labute approximate surface area is 183 Å². The SMILES string of the molecule is O=C(Nc1cc(Cl)ccc1Cl)[C@@H]1CCCN(S(=O)(=O)c2cc(Cl)ccc2Cl)C1. The maximum atomic E-state index is 13.0. The molecule has 0 aliphatic carbocycles. The van der Waals surface area contributed by atoms with Gasteiger partial charge in [-0.3, -0.25) is 4.79 Å². The average molecular weight is 482 g/mol. The highest BCUT2D eigenvalue weighted by atomic mass is 35.5. The van der Waals surface area contributed by atoms with Gasteiger partial charge in [-0.05, 0) is 49.2 Å². The van der Waals surface area contributed by atoms with E-state index in [1.807, 2.05) is 0 Å². The smallest absolute Gasteiger partial charge is 0.244 e. The predicted octanol–water partition coefficient (Wildman–Crippen LogP) is 5.34. The molecule has 1 heterocycles. The Bertz CT molecular complexity index is 1010. The Morgan fingerprint density at radius 1 is 1.00 bits per heavy atom.